The Labute approximate surface area is 127 Å². The van der Waals surface area contributed by atoms with Crippen LogP contribution in [0.3, 0.4) is 0 Å². The molecule has 0 aliphatic heterocycles. The number of nitrogens with zero attached hydrogens (tertiary/aromatic N) is 3. The van der Waals surface area contributed by atoms with E-state index in [1.165, 1.54) is 0 Å². The van der Waals surface area contributed by atoms with Gasteiger partial charge >= 0.3 is 0 Å². The highest BCUT2D eigenvalue weighted by Gasteiger charge is 2.16. The van der Waals surface area contributed by atoms with Crippen LogP contribution in [0, 0.1) is 6.92 Å². The molecule has 0 aliphatic rings. The second-order valence-corrected chi connectivity index (χ2v) is 6.33. The predicted octanol–water partition coefficient (Wildman–Crippen LogP) is 1.98. The maximum Gasteiger partial charge on any atom is 0.262 e. The third-order valence-corrected chi connectivity index (χ3v) is 4.67. The zero-order chi connectivity index (χ0) is 15.6. The van der Waals surface area contributed by atoms with E-state index in [-0.39, 0.29) is 4.90 Å². The lowest BCUT2D eigenvalue weighted by molar-refractivity contribution is 0.600. The minimum atomic E-state index is -3.61. The summed E-state index contributed by atoms with van der Waals surface area (Å²) in [4.78, 5) is 0.261. The number of sulfonamides is 1. The molecule has 0 aliphatic carbocycles. The number of hydrogen-bond donors (Lipinski definition) is 2. The molecule has 3 aromatic rings. The lowest BCUT2D eigenvalue weighted by Gasteiger charge is -2.10. The summed E-state index contributed by atoms with van der Waals surface area (Å²) < 4.78 is 27.3. The fourth-order valence-corrected chi connectivity index (χ4v) is 3.35. The Balaban J connectivity index is 1.86. The zero-order valence-corrected chi connectivity index (χ0v) is 12.5. The van der Waals surface area contributed by atoms with Crippen LogP contribution >= 0.6 is 0 Å². The van der Waals surface area contributed by atoms with Gasteiger partial charge in [-0.05, 0) is 48.0 Å². The summed E-state index contributed by atoms with van der Waals surface area (Å²) in [6.45, 7) is 1.76. The van der Waals surface area contributed by atoms with E-state index in [1.807, 2.05) is 0 Å². The van der Waals surface area contributed by atoms with E-state index in [0.717, 1.165) is 5.56 Å². The van der Waals surface area contributed by atoms with Crippen molar-refractivity contribution in [3.05, 3.63) is 54.1 Å². The Bertz CT molecular complexity index is 874. The second kappa shape index (κ2) is 5.57. The lowest BCUT2D eigenvalue weighted by Crippen LogP contribution is -2.14. The van der Waals surface area contributed by atoms with E-state index in [4.69, 9.17) is 0 Å². The molecule has 0 saturated heterocycles. The van der Waals surface area contributed by atoms with Crippen LogP contribution in [0.1, 0.15) is 5.56 Å². The van der Waals surface area contributed by atoms with Crippen molar-refractivity contribution < 1.29 is 8.42 Å². The quantitative estimate of drug-likeness (QED) is 0.766. The number of benzene rings is 2. The molecule has 2 N–H and O–H groups in total. The van der Waals surface area contributed by atoms with Crippen molar-refractivity contribution in [1.82, 2.24) is 20.6 Å². The van der Waals surface area contributed by atoms with Gasteiger partial charge in [-0.25, -0.2) is 8.42 Å². The average molecular weight is 315 g/mol. The minimum Gasteiger partial charge on any atom is -0.280 e. The molecule has 0 amide bonds. The third-order valence-electron chi connectivity index (χ3n) is 3.12. The summed E-state index contributed by atoms with van der Waals surface area (Å²) in [5.41, 5.74) is 1.90. The van der Waals surface area contributed by atoms with Gasteiger partial charge in [-0.15, -0.1) is 10.2 Å². The second-order valence-electron chi connectivity index (χ2n) is 4.68. The first-order chi connectivity index (χ1) is 10.6. The number of hydrogen-bond acceptors (Lipinski definition) is 5. The topological polar surface area (TPSA) is 101 Å². The van der Waals surface area contributed by atoms with Gasteiger partial charge in [-0.3, -0.25) is 4.72 Å². The maximum atomic E-state index is 12.4. The molecule has 0 spiro atoms. The van der Waals surface area contributed by atoms with E-state index >= 15 is 0 Å². The van der Waals surface area contributed by atoms with Crippen LogP contribution in [0.5, 0.6) is 0 Å². The van der Waals surface area contributed by atoms with Crippen LogP contribution in [0.15, 0.2) is 53.4 Å². The Morgan fingerprint density at radius 1 is 1.05 bits per heavy atom. The zero-order valence-electron chi connectivity index (χ0n) is 11.7. The van der Waals surface area contributed by atoms with Crippen LogP contribution in [0.4, 0.5) is 5.69 Å². The average Bonchev–Trinajstić information content (AvgIpc) is 3.02. The number of nitrogens with one attached hydrogen (secondary N) is 2. The first-order valence-electron chi connectivity index (χ1n) is 6.48. The molecule has 22 heavy (non-hydrogen) atoms. The predicted molar refractivity (Wildman–Crippen MR) is 81.6 cm³/mol. The van der Waals surface area contributed by atoms with Crippen molar-refractivity contribution >= 4 is 15.7 Å². The summed E-state index contributed by atoms with van der Waals surface area (Å²) in [6.07, 6.45) is 0. The normalized spacial score (nSPS) is 11.3. The van der Waals surface area contributed by atoms with Crippen LogP contribution in [0.25, 0.3) is 11.4 Å². The van der Waals surface area contributed by atoms with Crippen molar-refractivity contribution in [3.8, 4) is 11.4 Å². The van der Waals surface area contributed by atoms with Crippen LogP contribution in [0.2, 0.25) is 0 Å². The molecule has 7 nitrogen and oxygen atoms in total. The van der Waals surface area contributed by atoms with Crippen LogP contribution in [-0.2, 0) is 10.0 Å². The van der Waals surface area contributed by atoms with Gasteiger partial charge in [0.25, 0.3) is 10.0 Å². The molecule has 0 saturated carbocycles. The van der Waals surface area contributed by atoms with E-state index in [2.05, 4.69) is 25.3 Å². The van der Waals surface area contributed by atoms with Gasteiger partial charge < -0.3 is 0 Å². The molecule has 0 radical (unpaired) electrons. The smallest absolute Gasteiger partial charge is 0.262 e. The standard InChI is InChI=1S/C14H13N5O2S/c1-10-4-2-3-5-13(10)22(20,21)17-12-8-6-11(7-9-12)14-15-18-19-16-14/h2-9,17H,1H3,(H,15,16,18,19). The minimum absolute atomic E-state index is 0.261. The Hall–Kier alpha value is -2.74. The number of tetrazole rings is 1. The summed E-state index contributed by atoms with van der Waals surface area (Å²) in [5.74, 6) is 0.452. The first-order valence-corrected chi connectivity index (χ1v) is 7.97. The van der Waals surface area contributed by atoms with Crippen LogP contribution in [-0.4, -0.2) is 29.0 Å². The number of aryl methyl sites for hydroxylation is 1. The van der Waals surface area contributed by atoms with Gasteiger partial charge in [0.05, 0.1) is 4.90 Å². The van der Waals surface area contributed by atoms with E-state index in [1.54, 1.807) is 55.5 Å². The van der Waals surface area contributed by atoms with Crippen molar-refractivity contribution in [1.29, 1.82) is 0 Å². The van der Waals surface area contributed by atoms with E-state index in [9.17, 15) is 8.42 Å². The number of rotatable bonds is 4. The Morgan fingerprint density at radius 2 is 1.77 bits per heavy atom. The molecule has 3 rings (SSSR count). The number of aromatic nitrogens is 4. The molecule has 0 atom stereocenters. The van der Waals surface area contributed by atoms with Crippen molar-refractivity contribution in [2.75, 3.05) is 4.72 Å². The molecular weight excluding hydrogens is 302 g/mol. The summed E-state index contributed by atoms with van der Waals surface area (Å²) >= 11 is 0. The molecule has 1 heterocycles. The Morgan fingerprint density at radius 3 is 2.41 bits per heavy atom. The summed E-state index contributed by atoms with van der Waals surface area (Å²) in [7, 11) is -3.61. The number of aromatic amines is 1. The van der Waals surface area contributed by atoms with Crippen molar-refractivity contribution in [2.45, 2.75) is 11.8 Å². The third kappa shape index (κ3) is 2.82. The lowest BCUT2D eigenvalue weighted by atomic mass is 10.2. The van der Waals surface area contributed by atoms with E-state index < -0.39 is 10.0 Å². The summed E-state index contributed by atoms with van der Waals surface area (Å²) in [6, 6.07) is 13.6. The molecule has 0 unspecified atom stereocenters. The van der Waals surface area contributed by atoms with Gasteiger partial charge in [0.15, 0.2) is 0 Å². The van der Waals surface area contributed by atoms with E-state index in [0.29, 0.717) is 17.1 Å². The van der Waals surface area contributed by atoms with Gasteiger partial charge in [-0.2, -0.15) is 5.21 Å². The molecule has 8 heteroatoms. The molecule has 2 aromatic carbocycles. The number of H-pyrrole nitrogens is 1. The first kappa shape index (κ1) is 14.2. The van der Waals surface area contributed by atoms with Gasteiger partial charge in [0, 0.05) is 11.3 Å². The Kier molecular flexibility index (Phi) is 3.60. The summed E-state index contributed by atoms with van der Waals surface area (Å²) in [5, 5.41) is 13.6. The highest BCUT2D eigenvalue weighted by atomic mass is 32.2. The molecule has 0 bridgehead atoms. The molecule has 112 valence electrons. The molecule has 1 aromatic heterocycles. The number of anilines is 1. The van der Waals surface area contributed by atoms with Gasteiger partial charge in [0.1, 0.15) is 0 Å². The SMILES string of the molecule is Cc1ccccc1S(=O)(=O)Nc1ccc(-c2nn[nH]n2)cc1. The highest BCUT2D eigenvalue weighted by Crippen LogP contribution is 2.21. The highest BCUT2D eigenvalue weighted by molar-refractivity contribution is 7.92. The fourth-order valence-electron chi connectivity index (χ4n) is 2.04. The van der Waals surface area contributed by atoms with Crippen molar-refractivity contribution in [3.63, 3.8) is 0 Å². The fraction of sp³-hybridized carbons (Fsp3) is 0.0714. The van der Waals surface area contributed by atoms with Crippen molar-refractivity contribution in [2.24, 2.45) is 0 Å². The molecular formula is C14H13N5O2S. The monoisotopic (exact) mass is 315 g/mol. The van der Waals surface area contributed by atoms with Gasteiger partial charge in [0.2, 0.25) is 5.82 Å². The maximum absolute atomic E-state index is 12.4. The molecule has 0 fully saturated rings. The van der Waals surface area contributed by atoms with Crippen LogP contribution < -0.4 is 4.72 Å². The van der Waals surface area contributed by atoms with Gasteiger partial charge in [-0.1, -0.05) is 18.2 Å². The largest absolute Gasteiger partial charge is 0.280 e.